The summed E-state index contributed by atoms with van der Waals surface area (Å²) in [5.41, 5.74) is 1.93. The van der Waals surface area contributed by atoms with E-state index in [1.165, 1.54) is 0 Å². The summed E-state index contributed by atoms with van der Waals surface area (Å²) in [5.74, 6) is 0.0240. The van der Waals surface area contributed by atoms with E-state index < -0.39 is 5.76 Å². The summed E-state index contributed by atoms with van der Waals surface area (Å²) >= 11 is 0. The Morgan fingerprint density at radius 1 is 1.03 bits per heavy atom. The maximum atomic E-state index is 12.2. The summed E-state index contributed by atoms with van der Waals surface area (Å²) in [4.78, 5) is 32.1. The lowest BCUT2D eigenvalue weighted by molar-refractivity contribution is -0.116. The zero-order chi connectivity index (χ0) is 20.1. The highest BCUT2D eigenvalue weighted by Crippen LogP contribution is 2.20. The minimum atomic E-state index is -0.412. The molecule has 8 nitrogen and oxygen atoms in total. The first-order valence-electron chi connectivity index (χ1n) is 9.12. The summed E-state index contributed by atoms with van der Waals surface area (Å²) in [6.07, 6.45) is 3.98. The van der Waals surface area contributed by atoms with Gasteiger partial charge in [0.25, 0.3) is 0 Å². The fourth-order valence-electron chi connectivity index (χ4n) is 2.90. The Morgan fingerprint density at radius 3 is 2.59 bits per heavy atom. The largest absolute Gasteiger partial charge is 0.424 e. The minimum Gasteiger partial charge on any atom is -0.424 e. The number of oxazole rings is 1. The monoisotopic (exact) mass is 390 g/mol. The number of amides is 1. The number of anilines is 1. The van der Waals surface area contributed by atoms with Gasteiger partial charge < -0.3 is 14.5 Å². The zero-order valence-electron chi connectivity index (χ0n) is 15.4. The van der Waals surface area contributed by atoms with Gasteiger partial charge in [-0.05, 0) is 48.9 Å². The lowest BCUT2D eigenvalue weighted by Crippen LogP contribution is -2.17. The Hall–Kier alpha value is -3.94. The van der Waals surface area contributed by atoms with Gasteiger partial charge in [-0.1, -0.05) is 12.1 Å². The van der Waals surface area contributed by atoms with E-state index in [-0.39, 0.29) is 18.3 Å². The topological polar surface area (TPSA) is 99.2 Å². The van der Waals surface area contributed by atoms with E-state index in [1.54, 1.807) is 53.4 Å². The second kappa shape index (κ2) is 8.39. The molecule has 0 aliphatic carbocycles. The number of benzene rings is 2. The molecular weight excluding hydrogens is 372 g/mol. The van der Waals surface area contributed by atoms with Gasteiger partial charge in [0.1, 0.15) is 5.75 Å². The maximum Gasteiger partial charge on any atom is 0.419 e. The van der Waals surface area contributed by atoms with E-state index in [0.717, 1.165) is 5.52 Å². The first-order valence-corrected chi connectivity index (χ1v) is 9.12. The van der Waals surface area contributed by atoms with Gasteiger partial charge in [0, 0.05) is 31.0 Å². The number of nitrogens with zero attached hydrogens (tertiary/aromatic N) is 3. The average Bonchev–Trinajstić information content (AvgIpc) is 3.06. The van der Waals surface area contributed by atoms with Crippen molar-refractivity contribution in [2.24, 2.45) is 0 Å². The quantitative estimate of drug-likeness (QED) is 0.518. The van der Waals surface area contributed by atoms with Gasteiger partial charge in [-0.3, -0.25) is 9.36 Å². The highest BCUT2D eigenvalue weighted by Gasteiger charge is 2.09. The SMILES string of the molecule is O=C(CCCn1c(=O)oc2ccccc21)Nc1ccc(Oc2ncccn2)cc1. The molecule has 2 heterocycles. The van der Waals surface area contributed by atoms with Gasteiger partial charge >= 0.3 is 11.8 Å². The normalized spacial score (nSPS) is 10.8. The smallest absolute Gasteiger partial charge is 0.419 e. The molecule has 1 N–H and O–H groups in total. The number of hydrogen-bond acceptors (Lipinski definition) is 6. The van der Waals surface area contributed by atoms with Crippen LogP contribution in [0.4, 0.5) is 5.69 Å². The van der Waals surface area contributed by atoms with Crippen molar-refractivity contribution in [3.05, 3.63) is 77.5 Å². The van der Waals surface area contributed by atoms with E-state index in [4.69, 9.17) is 9.15 Å². The summed E-state index contributed by atoms with van der Waals surface area (Å²) in [6, 6.07) is 16.1. The average molecular weight is 390 g/mol. The minimum absolute atomic E-state index is 0.133. The standard InChI is InChI=1S/C21H18N4O4/c26-19(7-3-14-25-17-5-1-2-6-18(17)29-21(25)27)24-15-8-10-16(11-9-15)28-20-22-12-4-13-23-20/h1-2,4-6,8-13H,3,7,14H2,(H,24,26). The van der Waals surface area contributed by atoms with Crippen LogP contribution in [0.3, 0.4) is 0 Å². The second-order valence-electron chi connectivity index (χ2n) is 6.30. The molecule has 0 fully saturated rings. The predicted molar refractivity (Wildman–Crippen MR) is 107 cm³/mol. The van der Waals surface area contributed by atoms with Crippen LogP contribution < -0.4 is 15.8 Å². The van der Waals surface area contributed by atoms with Crippen LogP contribution in [-0.4, -0.2) is 20.4 Å². The molecule has 0 unspecified atom stereocenters. The number of aryl methyl sites for hydroxylation is 1. The van der Waals surface area contributed by atoms with E-state index in [1.807, 2.05) is 18.2 Å². The number of ether oxygens (including phenoxy) is 1. The highest BCUT2D eigenvalue weighted by atomic mass is 16.5. The highest BCUT2D eigenvalue weighted by molar-refractivity contribution is 5.90. The van der Waals surface area contributed by atoms with Crippen molar-refractivity contribution in [2.75, 3.05) is 5.32 Å². The molecule has 0 saturated carbocycles. The van der Waals surface area contributed by atoms with Crippen molar-refractivity contribution in [2.45, 2.75) is 19.4 Å². The second-order valence-corrected chi connectivity index (χ2v) is 6.30. The third-order valence-corrected chi connectivity index (χ3v) is 4.25. The molecule has 0 aliphatic rings. The molecule has 4 rings (SSSR count). The third-order valence-electron chi connectivity index (χ3n) is 4.25. The molecule has 0 bridgehead atoms. The molecule has 1 amide bonds. The number of carbonyl (C=O) groups excluding carboxylic acids is 1. The molecule has 2 aromatic heterocycles. The molecule has 4 aromatic rings. The van der Waals surface area contributed by atoms with Crippen molar-refractivity contribution in [1.29, 1.82) is 0 Å². The van der Waals surface area contributed by atoms with Crippen molar-refractivity contribution in [3.63, 3.8) is 0 Å². The van der Waals surface area contributed by atoms with Crippen molar-refractivity contribution in [1.82, 2.24) is 14.5 Å². The Balaban J connectivity index is 1.29. The zero-order valence-corrected chi connectivity index (χ0v) is 15.4. The summed E-state index contributed by atoms with van der Waals surface area (Å²) in [6.45, 7) is 0.410. The van der Waals surface area contributed by atoms with Crippen LogP contribution in [0.5, 0.6) is 11.8 Å². The van der Waals surface area contributed by atoms with Crippen LogP contribution in [0.25, 0.3) is 11.1 Å². The van der Waals surface area contributed by atoms with Crippen LogP contribution in [0.15, 0.2) is 76.2 Å². The van der Waals surface area contributed by atoms with E-state index in [9.17, 15) is 9.59 Å². The number of fused-ring (bicyclic) bond motifs is 1. The predicted octanol–water partition coefficient (Wildman–Crippen LogP) is 3.60. The Bertz CT molecular complexity index is 1170. The molecular formula is C21H18N4O4. The molecule has 146 valence electrons. The number of carbonyl (C=O) groups is 1. The Kier molecular flexibility index (Phi) is 5.33. The van der Waals surface area contributed by atoms with Crippen LogP contribution in [-0.2, 0) is 11.3 Å². The molecule has 0 radical (unpaired) electrons. The molecule has 0 saturated heterocycles. The number of rotatable bonds is 7. The van der Waals surface area contributed by atoms with Crippen molar-refractivity contribution in [3.8, 4) is 11.8 Å². The molecule has 29 heavy (non-hydrogen) atoms. The number of aromatic nitrogens is 3. The fourth-order valence-corrected chi connectivity index (χ4v) is 2.90. The van der Waals surface area contributed by atoms with Crippen LogP contribution in [0.2, 0.25) is 0 Å². The molecule has 0 atom stereocenters. The maximum absolute atomic E-state index is 12.2. The fraction of sp³-hybridized carbons (Fsp3) is 0.143. The van der Waals surface area contributed by atoms with Crippen molar-refractivity contribution < 1.29 is 13.9 Å². The Labute approximate surface area is 165 Å². The van der Waals surface area contributed by atoms with Crippen LogP contribution in [0, 0.1) is 0 Å². The first kappa shape index (κ1) is 18.4. The number of para-hydroxylation sites is 2. The van der Waals surface area contributed by atoms with E-state index >= 15 is 0 Å². The van der Waals surface area contributed by atoms with Crippen molar-refractivity contribution >= 4 is 22.7 Å². The summed E-state index contributed by atoms with van der Waals surface area (Å²) in [7, 11) is 0. The van der Waals surface area contributed by atoms with E-state index in [2.05, 4.69) is 15.3 Å². The lowest BCUT2D eigenvalue weighted by Gasteiger charge is -2.07. The summed E-state index contributed by atoms with van der Waals surface area (Å²) in [5, 5.41) is 2.83. The lowest BCUT2D eigenvalue weighted by atomic mass is 10.2. The van der Waals surface area contributed by atoms with Gasteiger partial charge in [0.2, 0.25) is 5.91 Å². The van der Waals surface area contributed by atoms with Gasteiger partial charge in [-0.2, -0.15) is 0 Å². The number of hydrogen-bond donors (Lipinski definition) is 1. The van der Waals surface area contributed by atoms with Gasteiger partial charge in [-0.15, -0.1) is 0 Å². The summed E-state index contributed by atoms with van der Waals surface area (Å²) < 4.78 is 12.2. The molecule has 2 aromatic carbocycles. The van der Waals surface area contributed by atoms with Gasteiger partial charge in [-0.25, -0.2) is 14.8 Å². The van der Waals surface area contributed by atoms with Gasteiger partial charge in [0.15, 0.2) is 5.58 Å². The molecule has 0 aliphatic heterocycles. The molecule has 0 spiro atoms. The van der Waals surface area contributed by atoms with Crippen LogP contribution >= 0.6 is 0 Å². The first-order chi connectivity index (χ1) is 14.2. The number of nitrogens with one attached hydrogen (secondary N) is 1. The molecule has 8 heteroatoms. The van der Waals surface area contributed by atoms with Crippen LogP contribution in [0.1, 0.15) is 12.8 Å². The Morgan fingerprint density at radius 2 is 1.79 bits per heavy atom. The van der Waals surface area contributed by atoms with E-state index in [0.29, 0.717) is 30.0 Å². The van der Waals surface area contributed by atoms with Gasteiger partial charge in [0.05, 0.1) is 5.52 Å². The third kappa shape index (κ3) is 4.49.